The summed E-state index contributed by atoms with van der Waals surface area (Å²) in [6, 6.07) is 12.0. The van der Waals surface area contributed by atoms with Gasteiger partial charge in [-0.1, -0.05) is 29.8 Å². The fourth-order valence-corrected chi connectivity index (χ4v) is 2.18. The van der Waals surface area contributed by atoms with Crippen LogP contribution in [0.4, 0.5) is 5.69 Å². The zero-order valence-electron chi connectivity index (χ0n) is 13.2. The molecule has 2 aromatic rings. The molecule has 5 heteroatoms. The molecule has 23 heavy (non-hydrogen) atoms. The second-order valence-electron chi connectivity index (χ2n) is 5.29. The number of carbonyl (C=O) groups is 2. The van der Waals surface area contributed by atoms with E-state index in [4.69, 9.17) is 16.3 Å². The third-order valence-corrected chi connectivity index (χ3v) is 3.62. The summed E-state index contributed by atoms with van der Waals surface area (Å²) in [4.78, 5) is 23.6. The van der Waals surface area contributed by atoms with Gasteiger partial charge in [0.25, 0.3) is 5.91 Å². The van der Waals surface area contributed by atoms with E-state index in [0.29, 0.717) is 22.0 Å². The molecule has 1 atom stereocenters. The van der Waals surface area contributed by atoms with Crippen molar-refractivity contribution in [3.63, 3.8) is 0 Å². The number of rotatable bonds is 5. The minimum atomic E-state index is -0.712. The Morgan fingerprint density at radius 2 is 1.91 bits per heavy atom. The van der Waals surface area contributed by atoms with Crippen molar-refractivity contribution in [1.29, 1.82) is 0 Å². The van der Waals surface area contributed by atoms with Crippen LogP contribution in [0, 0.1) is 6.92 Å². The highest BCUT2D eigenvalue weighted by Crippen LogP contribution is 2.21. The van der Waals surface area contributed by atoms with Crippen LogP contribution in [-0.2, 0) is 4.79 Å². The number of hydrogen-bond acceptors (Lipinski definition) is 3. The van der Waals surface area contributed by atoms with Gasteiger partial charge in [0.05, 0.1) is 0 Å². The van der Waals surface area contributed by atoms with Crippen LogP contribution in [0.1, 0.15) is 29.8 Å². The number of carbonyl (C=O) groups excluding carboxylic acids is 2. The maximum absolute atomic E-state index is 12.3. The average Bonchev–Trinajstić information content (AvgIpc) is 2.51. The second-order valence-corrected chi connectivity index (χ2v) is 5.73. The Bertz CT molecular complexity index is 743. The SMILES string of the molecule is CC(=O)c1cccc(OC(C)C(=O)Nc2cc(Cl)ccc2C)c1. The van der Waals surface area contributed by atoms with Crippen LogP contribution in [0.25, 0.3) is 0 Å². The van der Waals surface area contributed by atoms with Crippen LogP contribution in [0.5, 0.6) is 5.75 Å². The highest BCUT2D eigenvalue weighted by Gasteiger charge is 2.16. The number of ketones is 1. The lowest BCUT2D eigenvalue weighted by atomic mass is 10.1. The van der Waals surface area contributed by atoms with Gasteiger partial charge in [-0.2, -0.15) is 0 Å². The number of hydrogen-bond donors (Lipinski definition) is 1. The molecule has 1 N–H and O–H groups in total. The van der Waals surface area contributed by atoms with Crippen molar-refractivity contribution in [2.75, 3.05) is 5.32 Å². The van der Waals surface area contributed by atoms with Gasteiger partial charge in [0.15, 0.2) is 11.9 Å². The number of ether oxygens (including phenoxy) is 1. The number of nitrogens with one attached hydrogen (secondary N) is 1. The standard InChI is InChI=1S/C18H18ClNO3/c1-11-7-8-15(19)10-17(11)20-18(22)13(3)23-16-6-4-5-14(9-16)12(2)21/h4-10,13H,1-3H3,(H,20,22). The maximum Gasteiger partial charge on any atom is 0.265 e. The van der Waals surface area contributed by atoms with E-state index in [0.717, 1.165) is 5.56 Å². The Hall–Kier alpha value is -2.33. The zero-order valence-corrected chi connectivity index (χ0v) is 14.0. The van der Waals surface area contributed by atoms with E-state index in [-0.39, 0.29) is 11.7 Å². The van der Waals surface area contributed by atoms with Crippen molar-refractivity contribution < 1.29 is 14.3 Å². The number of aryl methyl sites for hydroxylation is 1. The van der Waals surface area contributed by atoms with E-state index in [9.17, 15) is 9.59 Å². The summed E-state index contributed by atoms with van der Waals surface area (Å²) in [5, 5.41) is 3.34. The number of benzene rings is 2. The minimum Gasteiger partial charge on any atom is -0.481 e. The summed E-state index contributed by atoms with van der Waals surface area (Å²) in [6.45, 7) is 5.01. The molecule has 2 aromatic carbocycles. The molecule has 0 saturated carbocycles. The zero-order chi connectivity index (χ0) is 17.0. The Labute approximate surface area is 140 Å². The number of Topliss-reactive ketones (excluding diaryl/α,β-unsaturated/α-hetero) is 1. The Morgan fingerprint density at radius 1 is 1.17 bits per heavy atom. The molecule has 1 amide bonds. The Balaban J connectivity index is 2.07. The molecule has 0 bridgehead atoms. The van der Waals surface area contributed by atoms with E-state index < -0.39 is 6.10 Å². The molecule has 0 fully saturated rings. The molecule has 0 aliphatic heterocycles. The van der Waals surface area contributed by atoms with Crippen molar-refractivity contribution in [3.05, 3.63) is 58.6 Å². The third kappa shape index (κ3) is 4.57. The van der Waals surface area contributed by atoms with Crippen LogP contribution in [-0.4, -0.2) is 17.8 Å². The molecule has 0 aliphatic carbocycles. The molecule has 0 aliphatic rings. The lowest BCUT2D eigenvalue weighted by molar-refractivity contribution is -0.122. The molecular weight excluding hydrogens is 314 g/mol. The van der Waals surface area contributed by atoms with Crippen LogP contribution in [0.3, 0.4) is 0 Å². The van der Waals surface area contributed by atoms with Gasteiger partial charge in [-0.15, -0.1) is 0 Å². The van der Waals surface area contributed by atoms with Gasteiger partial charge in [0, 0.05) is 16.3 Å². The molecular formula is C18H18ClNO3. The summed E-state index contributed by atoms with van der Waals surface area (Å²) in [5.74, 6) is 0.133. The van der Waals surface area contributed by atoms with Crippen LogP contribution in [0.2, 0.25) is 5.02 Å². The predicted molar refractivity (Wildman–Crippen MR) is 91.4 cm³/mol. The minimum absolute atomic E-state index is 0.0536. The number of amides is 1. The first-order valence-corrected chi connectivity index (χ1v) is 7.59. The molecule has 4 nitrogen and oxygen atoms in total. The fourth-order valence-electron chi connectivity index (χ4n) is 2.01. The molecule has 0 aromatic heterocycles. The van der Waals surface area contributed by atoms with Crippen molar-refractivity contribution >= 4 is 29.0 Å². The van der Waals surface area contributed by atoms with Gasteiger partial charge >= 0.3 is 0 Å². The monoisotopic (exact) mass is 331 g/mol. The topological polar surface area (TPSA) is 55.4 Å². The quantitative estimate of drug-likeness (QED) is 0.833. The average molecular weight is 332 g/mol. The second kappa shape index (κ2) is 7.29. The predicted octanol–water partition coefficient (Wildman–Crippen LogP) is 4.26. The molecule has 0 spiro atoms. The summed E-state index contributed by atoms with van der Waals surface area (Å²) >= 11 is 5.94. The third-order valence-electron chi connectivity index (χ3n) is 3.38. The van der Waals surface area contributed by atoms with E-state index in [1.54, 1.807) is 43.3 Å². The molecule has 1 unspecified atom stereocenters. The highest BCUT2D eigenvalue weighted by molar-refractivity contribution is 6.31. The van der Waals surface area contributed by atoms with Crippen LogP contribution >= 0.6 is 11.6 Å². The van der Waals surface area contributed by atoms with Crippen LogP contribution < -0.4 is 10.1 Å². The smallest absolute Gasteiger partial charge is 0.265 e. The molecule has 0 radical (unpaired) electrons. The summed E-state index contributed by atoms with van der Waals surface area (Å²) in [5.41, 5.74) is 2.10. The normalized spacial score (nSPS) is 11.7. The van der Waals surface area contributed by atoms with E-state index in [1.807, 2.05) is 13.0 Å². The Morgan fingerprint density at radius 3 is 2.61 bits per heavy atom. The number of halogens is 1. The summed E-state index contributed by atoms with van der Waals surface area (Å²) < 4.78 is 5.61. The first-order chi connectivity index (χ1) is 10.9. The molecule has 120 valence electrons. The highest BCUT2D eigenvalue weighted by atomic mass is 35.5. The first-order valence-electron chi connectivity index (χ1n) is 7.21. The molecule has 2 rings (SSSR count). The van der Waals surface area contributed by atoms with Crippen LogP contribution in [0.15, 0.2) is 42.5 Å². The fraction of sp³-hybridized carbons (Fsp3) is 0.222. The van der Waals surface area contributed by atoms with Gasteiger partial charge in [-0.25, -0.2) is 0 Å². The van der Waals surface area contributed by atoms with E-state index in [2.05, 4.69) is 5.32 Å². The largest absolute Gasteiger partial charge is 0.481 e. The van der Waals surface area contributed by atoms with Gasteiger partial charge < -0.3 is 10.1 Å². The lowest BCUT2D eigenvalue weighted by Crippen LogP contribution is -2.30. The van der Waals surface area contributed by atoms with Crippen molar-refractivity contribution in [1.82, 2.24) is 0 Å². The van der Waals surface area contributed by atoms with E-state index >= 15 is 0 Å². The van der Waals surface area contributed by atoms with Gasteiger partial charge in [-0.3, -0.25) is 9.59 Å². The van der Waals surface area contributed by atoms with Gasteiger partial charge in [0.1, 0.15) is 5.75 Å². The van der Waals surface area contributed by atoms with Gasteiger partial charge in [-0.05, 0) is 50.6 Å². The molecule has 0 saturated heterocycles. The Kier molecular flexibility index (Phi) is 5.40. The van der Waals surface area contributed by atoms with E-state index in [1.165, 1.54) is 6.92 Å². The molecule has 0 heterocycles. The summed E-state index contributed by atoms with van der Waals surface area (Å²) in [6.07, 6.45) is -0.712. The number of anilines is 1. The van der Waals surface area contributed by atoms with Gasteiger partial charge in [0.2, 0.25) is 0 Å². The maximum atomic E-state index is 12.3. The van der Waals surface area contributed by atoms with Crippen molar-refractivity contribution in [3.8, 4) is 5.75 Å². The first kappa shape index (κ1) is 17.0. The van der Waals surface area contributed by atoms with Crippen molar-refractivity contribution in [2.24, 2.45) is 0 Å². The lowest BCUT2D eigenvalue weighted by Gasteiger charge is -2.16. The van der Waals surface area contributed by atoms with Crippen molar-refractivity contribution in [2.45, 2.75) is 26.9 Å². The summed E-state index contributed by atoms with van der Waals surface area (Å²) in [7, 11) is 0.